The summed E-state index contributed by atoms with van der Waals surface area (Å²) in [5.74, 6) is 1.01. The van der Waals surface area contributed by atoms with E-state index in [1.165, 1.54) is 14.2 Å². The van der Waals surface area contributed by atoms with E-state index >= 15 is 0 Å². The lowest BCUT2D eigenvalue weighted by molar-refractivity contribution is 0.414. The van der Waals surface area contributed by atoms with Crippen LogP contribution in [0.1, 0.15) is 0 Å². The Balaban J connectivity index is 2.31. The standard InChI is InChI=1S/C17H14O5/c1-20-11-5-3-4-10(8-11)15-16(18)13-9-12(21-2)6-7-14(13)22-17(15)19/h3-9,18H,1-2H3. The quantitative estimate of drug-likeness (QED) is 0.752. The van der Waals surface area contributed by atoms with Gasteiger partial charge < -0.3 is 19.0 Å². The summed E-state index contributed by atoms with van der Waals surface area (Å²) in [5, 5.41) is 10.9. The van der Waals surface area contributed by atoms with E-state index in [0.717, 1.165) is 0 Å². The fourth-order valence-electron chi connectivity index (χ4n) is 2.33. The normalized spacial score (nSPS) is 10.6. The Morgan fingerprint density at radius 3 is 2.45 bits per heavy atom. The van der Waals surface area contributed by atoms with Crippen molar-refractivity contribution in [3.05, 3.63) is 52.9 Å². The van der Waals surface area contributed by atoms with E-state index in [0.29, 0.717) is 28.0 Å². The predicted molar refractivity (Wildman–Crippen MR) is 82.7 cm³/mol. The van der Waals surface area contributed by atoms with Crippen LogP contribution in [0.4, 0.5) is 0 Å². The van der Waals surface area contributed by atoms with Gasteiger partial charge in [0, 0.05) is 0 Å². The van der Waals surface area contributed by atoms with Gasteiger partial charge in [-0.25, -0.2) is 4.79 Å². The number of fused-ring (bicyclic) bond motifs is 1. The molecule has 2 aromatic carbocycles. The predicted octanol–water partition coefficient (Wildman–Crippen LogP) is 3.18. The molecule has 1 heterocycles. The van der Waals surface area contributed by atoms with E-state index in [1.807, 2.05) is 0 Å². The Morgan fingerprint density at radius 1 is 1.00 bits per heavy atom. The Labute approximate surface area is 126 Å². The van der Waals surface area contributed by atoms with Gasteiger partial charge in [0.2, 0.25) is 0 Å². The van der Waals surface area contributed by atoms with Crippen LogP contribution in [0.5, 0.6) is 17.2 Å². The van der Waals surface area contributed by atoms with Gasteiger partial charge >= 0.3 is 5.63 Å². The summed E-state index contributed by atoms with van der Waals surface area (Å²) >= 11 is 0. The fourth-order valence-corrected chi connectivity index (χ4v) is 2.33. The van der Waals surface area contributed by atoms with Crippen molar-refractivity contribution in [2.75, 3.05) is 14.2 Å². The maximum Gasteiger partial charge on any atom is 0.347 e. The molecule has 5 heteroatoms. The molecular weight excluding hydrogens is 284 g/mol. The molecule has 1 aromatic heterocycles. The van der Waals surface area contributed by atoms with Gasteiger partial charge in [0.25, 0.3) is 0 Å². The maximum atomic E-state index is 12.2. The average molecular weight is 298 g/mol. The summed E-state index contributed by atoms with van der Waals surface area (Å²) in [4.78, 5) is 12.2. The van der Waals surface area contributed by atoms with Crippen LogP contribution in [0.3, 0.4) is 0 Å². The molecule has 1 N–H and O–H groups in total. The van der Waals surface area contributed by atoms with Crippen molar-refractivity contribution >= 4 is 11.0 Å². The van der Waals surface area contributed by atoms with Gasteiger partial charge in [-0.3, -0.25) is 0 Å². The van der Waals surface area contributed by atoms with Crippen molar-refractivity contribution in [2.24, 2.45) is 0 Å². The van der Waals surface area contributed by atoms with E-state index in [4.69, 9.17) is 13.9 Å². The smallest absolute Gasteiger partial charge is 0.347 e. The Kier molecular flexibility index (Phi) is 3.47. The highest BCUT2D eigenvalue weighted by Crippen LogP contribution is 2.35. The van der Waals surface area contributed by atoms with Crippen molar-refractivity contribution in [3.8, 4) is 28.4 Å². The molecule has 22 heavy (non-hydrogen) atoms. The minimum absolute atomic E-state index is 0.0969. The van der Waals surface area contributed by atoms with Gasteiger partial charge in [0.05, 0.1) is 19.6 Å². The monoisotopic (exact) mass is 298 g/mol. The molecule has 0 aliphatic carbocycles. The molecule has 0 fully saturated rings. The van der Waals surface area contributed by atoms with Crippen LogP contribution in [0, 0.1) is 0 Å². The lowest BCUT2D eigenvalue weighted by Gasteiger charge is -2.09. The van der Waals surface area contributed by atoms with Crippen LogP contribution >= 0.6 is 0 Å². The van der Waals surface area contributed by atoms with E-state index in [-0.39, 0.29) is 11.3 Å². The van der Waals surface area contributed by atoms with Gasteiger partial charge in [0.1, 0.15) is 28.4 Å². The highest BCUT2D eigenvalue weighted by molar-refractivity contribution is 5.91. The van der Waals surface area contributed by atoms with E-state index in [9.17, 15) is 9.90 Å². The third-order valence-electron chi connectivity index (χ3n) is 3.44. The molecule has 3 aromatic rings. The van der Waals surface area contributed by atoms with Crippen LogP contribution < -0.4 is 15.1 Å². The molecule has 112 valence electrons. The number of hydrogen-bond donors (Lipinski definition) is 1. The average Bonchev–Trinajstić information content (AvgIpc) is 2.55. The molecular formula is C17H14O5. The first kappa shape index (κ1) is 14.0. The third kappa shape index (κ3) is 2.26. The number of benzene rings is 2. The second-order valence-electron chi connectivity index (χ2n) is 4.71. The molecule has 0 atom stereocenters. The summed E-state index contributed by atoms with van der Waals surface area (Å²) in [6.07, 6.45) is 0. The molecule has 0 aliphatic heterocycles. The van der Waals surface area contributed by atoms with Crippen LogP contribution in [0.15, 0.2) is 51.7 Å². The highest BCUT2D eigenvalue weighted by atomic mass is 16.5. The van der Waals surface area contributed by atoms with E-state index in [1.54, 1.807) is 42.5 Å². The zero-order chi connectivity index (χ0) is 15.7. The molecule has 0 radical (unpaired) electrons. The molecule has 0 spiro atoms. The minimum atomic E-state index is -0.608. The van der Waals surface area contributed by atoms with E-state index in [2.05, 4.69) is 0 Å². The molecule has 0 bridgehead atoms. The summed E-state index contributed by atoms with van der Waals surface area (Å²) in [7, 11) is 3.06. The topological polar surface area (TPSA) is 68.9 Å². The Hall–Kier alpha value is -2.95. The Morgan fingerprint density at radius 2 is 1.73 bits per heavy atom. The summed E-state index contributed by atoms with van der Waals surface area (Å²) < 4.78 is 15.6. The number of methoxy groups -OCH3 is 2. The molecule has 3 rings (SSSR count). The van der Waals surface area contributed by atoms with Gasteiger partial charge in [0.15, 0.2) is 0 Å². The molecule has 0 saturated carbocycles. The number of rotatable bonds is 3. The summed E-state index contributed by atoms with van der Waals surface area (Å²) in [6, 6.07) is 11.7. The minimum Gasteiger partial charge on any atom is -0.506 e. The first-order chi connectivity index (χ1) is 10.6. The molecule has 0 amide bonds. The molecule has 0 saturated heterocycles. The van der Waals surface area contributed by atoms with Gasteiger partial charge in [-0.2, -0.15) is 0 Å². The summed E-state index contributed by atoms with van der Waals surface area (Å²) in [5.41, 5.74) is 0.313. The maximum absolute atomic E-state index is 12.2. The largest absolute Gasteiger partial charge is 0.506 e. The third-order valence-corrected chi connectivity index (χ3v) is 3.44. The SMILES string of the molecule is COc1cccc(-c2c(O)c3cc(OC)ccc3oc2=O)c1. The van der Waals surface area contributed by atoms with Crippen molar-refractivity contribution in [2.45, 2.75) is 0 Å². The molecule has 5 nitrogen and oxygen atoms in total. The first-order valence-corrected chi connectivity index (χ1v) is 6.62. The Bertz CT molecular complexity index is 895. The summed E-state index contributed by atoms with van der Waals surface area (Å²) in [6.45, 7) is 0. The number of aromatic hydroxyl groups is 1. The van der Waals surface area contributed by atoms with Gasteiger partial charge in [-0.05, 0) is 35.9 Å². The lowest BCUT2D eigenvalue weighted by atomic mass is 10.0. The van der Waals surface area contributed by atoms with Crippen LogP contribution in [-0.4, -0.2) is 19.3 Å². The second-order valence-corrected chi connectivity index (χ2v) is 4.71. The van der Waals surface area contributed by atoms with Crippen molar-refractivity contribution in [1.29, 1.82) is 0 Å². The number of hydrogen-bond acceptors (Lipinski definition) is 5. The number of ether oxygens (including phenoxy) is 2. The van der Waals surface area contributed by atoms with Crippen molar-refractivity contribution < 1.29 is 19.0 Å². The molecule has 0 aliphatic rings. The first-order valence-electron chi connectivity index (χ1n) is 6.62. The zero-order valence-electron chi connectivity index (χ0n) is 12.1. The van der Waals surface area contributed by atoms with Crippen LogP contribution in [0.25, 0.3) is 22.1 Å². The second kappa shape index (κ2) is 5.44. The molecule has 0 unspecified atom stereocenters. The van der Waals surface area contributed by atoms with Crippen molar-refractivity contribution in [3.63, 3.8) is 0 Å². The zero-order valence-corrected chi connectivity index (χ0v) is 12.1. The van der Waals surface area contributed by atoms with Gasteiger partial charge in [-0.15, -0.1) is 0 Å². The van der Waals surface area contributed by atoms with Crippen molar-refractivity contribution in [1.82, 2.24) is 0 Å². The lowest BCUT2D eigenvalue weighted by Crippen LogP contribution is -2.03. The highest BCUT2D eigenvalue weighted by Gasteiger charge is 2.16. The fraction of sp³-hybridized carbons (Fsp3) is 0.118. The van der Waals surface area contributed by atoms with Gasteiger partial charge in [-0.1, -0.05) is 12.1 Å². The van der Waals surface area contributed by atoms with E-state index < -0.39 is 5.63 Å². The van der Waals surface area contributed by atoms with Crippen LogP contribution in [0.2, 0.25) is 0 Å². The van der Waals surface area contributed by atoms with Crippen LogP contribution in [-0.2, 0) is 0 Å².